The molecule has 0 atom stereocenters. The van der Waals surface area contributed by atoms with Crippen molar-refractivity contribution in [2.24, 2.45) is 13.0 Å². The zero-order valence-electron chi connectivity index (χ0n) is 8.25. The van der Waals surface area contributed by atoms with Gasteiger partial charge in [-0.1, -0.05) is 0 Å². The first-order chi connectivity index (χ1) is 7.09. The first-order valence-corrected chi connectivity index (χ1v) is 4.59. The molecule has 1 N–H and O–H groups in total. The molecule has 1 aromatic rings. The maximum atomic E-state index is 11.6. The number of nitrogens with zero attached hydrogens (tertiary/aromatic N) is 3. The summed E-state index contributed by atoms with van der Waals surface area (Å²) in [5.74, 6) is -0.867. The Morgan fingerprint density at radius 2 is 2.27 bits per heavy atom. The van der Waals surface area contributed by atoms with E-state index < -0.39 is 5.97 Å². The van der Waals surface area contributed by atoms with Gasteiger partial charge in [0.25, 0.3) is 5.56 Å². The van der Waals surface area contributed by atoms with Gasteiger partial charge >= 0.3 is 5.97 Å². The molecule has 1 saturated heterocycles. The maximum Gasteiger partial charge on any atom is 0.310 e. The lowest BCUT2D eigenvalue weighted by atomic mass is 10.0. The Labute approximate surface area is 85.8 Å². The van der Waals surface area contributed by atoms with E-state index in [0.717, 1.165) is 0 Å². The highest BCUT2D eigenvalue weighted by atomic mass is 16.4. The fourth-order valence-electron chi connectivity index (χ4n) is 1.51. The molecule has 0 aromatic carbocycles. The van der Waals surface area contributed by atoms with Gasteiger partial charge in [-0.15, -0.1) is 0 Å². The van der Waals surface area contributed by atoms with Crippen LogP contribution in [0.15, 0.2) is 17.2 Å². The number of carboxylic acids is 1. The number of hydrogen-bond donors (Lipinski definition) is 1. The second-order valence-corrected chi connectivity index (χ2v) is 3.61. The van der Waals surface area contributed by atoms with Crippen LogP contribution in [0.1, 0.15) is 0 Å². The Balaban J connectivity index is 2.17. The molecular formula is C9H11N3O3. The van der Waals surface area contributed by atoms with Crippen LogP contribution in [0, 0.1) is 5.92 Å². The van der Waals surface area contributed by atoms with E-state index in [1.54, 1.807) is 18.1 Å². The summed E-state index contributed by atoms with van der Waals surface area (Å²) in [5.41, 5.74) is -0.193. The maximum absolute atomic E-state index is 11.6. The predicted octanol–water partition coefficient (Wildman–Crippen LogP) is -0.699. The molecule has 0 aliphatic carbocycles. The molecule has 0 spiro atoms. The van der Waals surface area contributed by atoms with Crippen molar-refractivity contribution in [3.8, 4) is 0 Å². The highest BCUT2D eigenvalue weighted by Gasteiger charge is 2.34. The number of carboxylic acid groups (broad SMARTS) is 1. The number of aliphatic carboxylic acids is 1. The first kappa shape index (κ1) is 9.70. The van der Waals surface area contributed by atoms with Gasteiger partial charge in [0.05, 0.1) is 5.92 Å². The molecule has 6 nitrogen and oxygen atoms in total. The third kappa shape index (κ3) is 1.58. The van der Waals surface area contributed by atoms with Crippen LogP contribution in [0.5, 0.6) is 0 Å². The molecule has 6 heteroatoms. The quantitative estimate of drug-likeness (QED) is 0.697. The molecule has 0 radical (unpaired) electrons. The van der Waals surface area contributed by atoms with Gasteiger partial charge in [-0.2, -0.15) is 0 Å². The molecule has 1 aromatic heterocycles. The third-order valence-corrected chi connectivity index (χ3v) is 2.53. The third-order valence-electron chi connectivity index (χ3n) is 2.53. The Bertz CT molecular complexity index is 448. The van der Waals surface area contributed by atoms with Crippen LogP contribution < -0.4 is 10.5 Å². The van der Waals surface area contributed by atoms with E-state index in [9.17, 15) is 9.59 Å². The smallest absolute Gasteiger partial charge is 0.310 e. The van der Waals surface area contributed by atoms with Crippen molar-refractivity contribution < 1.29 is 9.90 Å². The monoisotopic (exact) mass is 209 g/mol. The Hall–Kier alpha value is -1.85. The number of rotatable bonds is 2. The highest BCUT2D eigenvalue weighted by molar-refractivity contribution is 5.74. The van der Waals surface area contributed by atoms with E-state index in [2.05, 4.69) is 4.98 Å². The van der Waals surface area contributed by atoms with Gasteiger partial charge in [0, 0.05) is 32.5 Å². The molecule has 0 amide bonds. The fourth-order valence-corrected chi connectivity index (χ4v) is 1.51. The van der Waals surface area contributed by atoms with E-state index in [1.165, 1.54) is 10.8 Å². The minimum Gasteiger partial charge on any atom is -0.481 e. The van der Waals surface area contributed by atoms with Crippen LogP contribution in [0.3, 0.4) is 0 Å². The second kappa shape index (κ2) is 3.38. The van der Waals surface area contributed by atoms with Crippen molar-refractivity contribution in [2.45, 2.75) is 0 Å². The zero-order chi connectivity index (χ0) is 11.0. The number of aryl methyl sites for hydroxylation is 1. The summed E-state index contributed by atoms with van der Waals surface area (Å²) in [7, 11) is 1.64. The molecule has 1 aliphatic rings. The summed E-state index contributed by atoms with van der Waals surface area (Å²) in [5, 5.41) is 8.69. The normalized spacial score (nSPS) is 16.2. The lowest BCUT2D eigenvalue weighted by molar-refractivity contribution is -0.142. The van der Waals surface area contributed by atoms with Crippen LogP contribution in [-0.4, -0.2) is 33.7 Å². The molecule has 1 fully saturated rings. The first-order valence-electron chi connectivity index (χ1n) is 4.59. The SMILES string of the molecule is Cn1ccnc(N2CC(C(=O)O)C2)c1=O. The summed E-state index contributed by atoms with van der Waals surface area (Å²) in [6.07, 6.45) is 3.10. The number of carbonyl (C=O) groups is 1. The Kier molecular flexibility index (Phi) is 2.18. The molecule has 0 bridgehead atoms. The van der Waals surface area contributed by atoms with Crippen LogP contribution in [0.4, 0.5) is 5.82 Å². The van der Waals surface area contributed by atoms with Gasteiger partial charge in [-0.3, -0.25) is 9.59 Å². The molecule has 0 unspecified atom stereocenters. The lowest BCUT2D eigenvalue weighted by Crippen LogP contribution is -2.52. The molecule has 15 heavy (non-hydrogen) atoms. The van der Waals surface area contributed by atoms with Crippen LogP contribution in [0.25, 0.3) is 0 Å². The fraction of sp³-hybridized carbons (Fsp3) is 0.444. The number of aromatic nitrogens is 2. The number of hydrogen-bond acceptors (Lipinski definition) is 4. The summed E-state index contributed by atoms with van der Waals surface area (Å²) in [6.45, 7) is 0.725. The Morgan fingerprint density at radius 1 is 1.60 bits per heavy atom. The van der Waals surface area contributed by atoms with Gasteiger partial charge in [0.15, 0.2) is 5.82 Å². The van der Waals surface area contributed by atoms with Crippen molar-refractivity contribution in [2.75, 3.05) is 18.0 Å². The summed E-state index contributed by atoms with van der Waals surface area (Å²) in [6, 6.07) is 0. The largest absolute Gasteiger partial charge is 0.481 e. The van der Waals surface area contributed by atoms with Gasteiger partial charge in [0.1, 0.15) is 0 Å². The van der Waals surface area contributed by atoms with Crippen molar-refractivity contribution >= 4 is 11.8 Å². The number of anilines is 1. The minimum atomic E-state index is -0.820. The van der Waals surface area contributed by atoms with E-state index in [1.807, 2.05) is 0 Å². The molecule has 0 saturated carbocycles. The average Bonchev–Trinajstić information content (AvgIpc) is 2.09. The highest BCUT2D eigenvalue weighted by Crippen LogP contribution is 2.19. The zero-order valence-corrected chi connectivity index (χ0v) is 8.25. The molecule has 80 valence electrons. The van der Waals surface area contributed by atoms with Crippen molar-refractivity contribution in [3.63, 3.8) is 0 Å². The summed E-state index contributed by atoms with van der Waals surface area (Å²) >= 11 is 0. The summed E-state index contributed by atoms with van der Waals surface area (Å²) in [4.78, 5) is 27.8. The van der Waals surface area contributed by atoms with Crippen LogP contribution in [-0.2, 0) is 11.8 Å². The van der Waals surface area contributed by atoms with E-state index in [-0.39, 0.29) is 11.5 Å². The van der Waals surface area contributed by atoms with Crippen LogP contribution in [0.2, 0.25) is 0 Å². The minimum absolute atomic E-state index is 0.193. The molecule has 1 aliphatic heterocycles. The van der Waals surface area contributed by atoms with Gasteiger partial charge in [0.2, 0.25) is 0 Å². The van der Waals surface area contributed by atoms with Crippen molar-refractivity contribution in [3.05, 3.63) is 22.7 Å². The van der Waals surface area contributed by atoms with Gasteiger partial charge < -0.3 is 14.6 Å². The predicted molar refractivity (Wildman–Crippen MR) is 52.8 cm³/mol. The average molecular weight is 209 g/mol. The van der Waals surface area contributed by atoms with E-state index >= 15 is 0 Å². The van der Waals surface area contributed by atoms with E-state index in [4.69, 9.17) is 5.11 Å². The molecule has 2 heterocycles. The van der Waals surface area contributed by atoms with E-state index in [0.29, 0.717) is 18.9 Å². The van der Waals surface area contributed by atoms with Crippen molar-refractivity contribution in [1.82, 2.24) is 9.55 Å². The topological polar surface area (TPSA) is 75.4 Å². The molecule has 2 rings (SSSR count). The Morgan fingerprint density at radius 3 is 2.87 bits per heavy atom. The lowest BCUT2D eigenvalue weighted by Gasteiger charge is -2.36. The van der Waals surface area contributed by atoms with Gasteiger partial charge in [-0.25, -0.2) is 4.98 Å². The van der Waals surface area contributed by atoms with Gasteiger partial charge in [-0.05, 0) is 0 Å². The molecular weight excluding hydrogens is 198 g/mol. The standard InChI is InChI=1S/C9H11N3O3/c1-11-3-2-10-7(8(11)13)12-4-6(5-12)9(14)15/h2-3,6H,4-5H2,1H3,(H,14,15). The summed E-state index contributed by atoms with van der Waals surface area (Å²) < 4.78 is 1.43. The van der Waals surface area contributed by atoms with Crippen LogP contribution >= 0.6 is 0 Å². The van der Waals surface area contributed by atoms with Crippen molar-refractivity contribution in [1.29, 1.82) is 0 Å². The second-order valence-electron chi connectivity index (χ2n) is 3.61.